The number of carbonyl (C=O) groups is 2. The van der Waals surface area contributed by atoms with Crippen molar-refractivity contribution in [2.24, 2.45) is 11.8 Å². The molecule has 0 radical (unpaired) electrons. The fraction of sp³-hybridized carbons (Fsp3) is 0.500. The predicted octanol–water partition coefficient (Wildman–Crippen LogP) is 3.83. The lowest BCUT2D eigenvalue weighted by molar-refractivity contribution is 0.0531. The van der Waals surface area contributed by atoms with E-state index >= 15 is 0 Å². The number of aromatic nitrogens is 1. The van der Waals surface area contributed by atoms with Gasteiger partial charge in [0.05, 0.1) is 18.4 Å². The molecular weight excluding hydrogens is 426 g/mol. The van der Waals surface area contributed by atoms with Crippen LogP contribution in [0.1, 0.15) is 44.4 Å². The first-order chi connectivity index (χ1) is 14.8. The standard InChI is InChI=1S/C22H24F2N2O4S/c1-3-29-12-17(27)20-13(9-14-6-7-18(31-14)21(28)30-4-2)5-8-19(25-20)26-10-15-16(11-26)22(15,23)24/h5-8,15-16H,3-4,9-12H2,1-2H3. The van der Waals surface area contributed by atoms with E-state index in [1.165, 1.54) is 11.3 Å². The second kappa shape index (κ2) is 8.63. The molecule has 3 heterocycles. The van der Waals surface area contributed by atoms with Crippen molar-refractivity contribution in [2.75, 3.05) is 37.8 Å². The maximum Gasteiger partial charge on any atom is 0.348 e. The largest absolute Gasteiger partial charge is 0.462 e. The molecule has 0 spiro atoms. The lowest BCUT2D eigenvalue weighted by Crippen LogP contribution is -2.29. The van der Waals surface area contributed by atoms with Gasteiger partial charge in [0, 0.05) is 31.0 Å². The smallest absolute Gasteiger partial charge is 0.348 e. The van der Waals surface area contributed by atoms with E-state index in [4.69, 9.17) is 9.47 Å². The summed E-state index contributed by atoms with van der Waals surface area (Å²) in [6.07, 6.45) is 0.424. The van der Waals surface area contributed by atoms with Crippen molar-refractivity contribution >= 4 is 28.9 Å². The molecule has 9 heteroatoms. The summed E-state index contributed by atoms with van der Waals surface area (Å²) in [5.41, 5.74) is 0.991. The Kier molecular flexibility index (Phi) is 6.07. The molecule has 2 unspecified atom stereocenters. The third-order valence-corrected chi connectivity index (χ3v) is 6.76. The Bertz CT molecular complexity index is 980. The van der Waals surface area contributed by atoms with E-state index in [0.717, 1.165) is 4.88 Å². The van der Waals surface area contributed by atoms with Crippen LogP contribution in [0.5, 0.6) is 0 Å². The van der Waals surface area contributed by atoms with Gasteiger partial charge in [0.2, 0.25) is 5.78 Å². The van der Waals surface area contributed by atoms with Gasteiger partial charge in [-0.2, -0.15) is 0 Å². The molecule has 6 nitrogen and oxygen atoms in total. The third-order valence-electron chi connectivity index (χ3n) is 5.69. The number of hydrogen-bond acceptors (Lipinski definition) is 7. The molecule has 0 bridgehead atoms. The summed E-state index contributed by atoms with van der Waals surface area (Å²) in [5, 5.41) is 0. The topological polar surface area (TPSA) is 68.7 Å². The Morgan fingerprint density at radius 1 is 1.16 bits per heavy atom. The van der Waals surface area contributed by atoms with Gasteiger partial charge < -0.3 is 14.4 Å². The minimum absolute atomic E-state index is 0.0954. The fourth-order valence-electron chi connectivity index (χ4n) is 3.97. The molecule has 4 rings (SSSR count). The van der Waals surface area contributed by atoms with Gasteiger partial charge in [-0.25, -0.2) is 18.6 Å². The summed E-state index contributed by atoms with van der Waals surface area (Å²) in [5.74, 6) is -3.90. The van der Waals surface area contributed by atoms with E-state index in [1.54, 1.807) is 26.0 Å². The zero-order valence-electron chi connectivity index (χ0n) is 17.4. The number of pyridine rings is 1. The van der Waals surface area contributed by atoms with Gasteiger partial charge in [-0.05, 0) is 37.6 Å². The molecule has 1 saturated carbocycles. The monoisotopic (exact) mass is 450 g/mol. The summed E-state index contributed by atoms with van der Waals surface area (Å²) in [6.45, 7) is 4.66. The number of carbonyl (C=O) groups excluding carboxylic acids is 2. The highest BCUT2D eigenvalue weighted by Gasteiger charge is 2.71. The lowest BCUT2D eigenvalue weighted by atomic mass is 10.1. The Morgan fingerprint density at radius 2 is 1.90 bits per heavy atom. The number of fused-ring (bicyclic) bond motifs is 1. The summed E-state index contributed by atoms with van der Waals surface area (Å²) in [4.78, 5) is 32.4. The van der Waals surface area contributed by atoms with Crippen LogP contribution < -0.4 is 4.90 Å². The van der Waals surface area contributed by atoms with Crippen LogP contribution in [-0.2, 0) is 15.9 Å². The maximum absolute atomic E-state index is 13.5. The molecular formula is C22H24F2N2O4S. The van der Waals surface area contributed by atoms with Gasteiger partial charge in [0.1, 0.15) is 23.0 Å². The first-order valence-electron chi connectivity index (χ1n) is 10.3. The molecule has 1 saturated heterocycles. The molecule has 1 aliphatic carbocycles. The van der Waals surface area contributed by atoms with E-state index in [-0.39, 0.29) is 37.1 Å². The Hall–Kier alpha value is -2.39. The van der Waals surface area contributed by atoms with Crippen LogP contribution >= 0.6 is 11.3 Å². The van der Waals surface area contributed by atoms with Crippen molar-refractivity contribution in [1.29, 1.82) is 0 Å². The highest BCUT2D eigenvalue weighted by atomic mass is 32.1. The molecule has 31 heavy (non-hydrogen) atoms. The van der Waals surface area contributed by atoms with Crippen molar-refractivity contribution in [3.05, 3.63) is 45.3 Å². The van der Waals surface area contributed by atoms with Crippen LogP contribution in [0.15, 0.2) is 24.3 Å². The minimum atomic E-state index is -2.57. The number of halogens is 2. The third kappa shape index (κ3) is 4.34. The molecule has 0 amide bonds. The number of Topliss-reactive ketones (excluding diaryl/α,β-unsaturated/α-hetero) is 1. The minimum Gasteiger partial charge on any atom is -0.462 e. The molecule has 0 N–H and O–H groups in total. The van der Waals surface area contributed by atoms with Crippen LogP contribution in [0.3, 0.4) is 0 Å². The maximum atomic E-state index is 13.5. The summed E-state index contributed by atoms with van der Waals surface area (Å²) < 4.78 is 37.4. The molecule has 2 aliphatic rings. The Balaban J connectivity index is 1.55. The number of anilines is 1. The van der Waals surface area contributed by atoms with Crippen molar-refractivity contribution < 1.29 is 27.8 Å². The highest BCUT2D eigenvalue weighted by molar-refractivity contribution is 7.13. The van der Waals surface area contributed by atoms with Crippen LogP contribution in [0.2, 0.25) is 0 Å². The SMILES string of the molecule is CCOCC(=O)c1nc(N2CC3C(C2)C3(F)F)ccc1Cc1ccc(C(=O)OCC)s1. The molecule has 2 aromatic rings. The van der Waals surface area contributed by atoms with Crippen molar-refractivity contribution in [2.45, 2.75) is 26.2 Å². The van der Waals surface area contributed by atoms with E-state index < -0.39 is 17.8 Å². The predicted molar refractivity (Wildman–Crippen MR) is 112 cm³/mol. The zero-order valence-corrected chi connectivity index (χ0v) is 18.2. The average Bonchev–Trinajstić information content (AvgIpc) is 3.19. The number of ketones is 1. The van der Waals surface area contributed by atoms with E-state index in [0.29, 0.717) is 35.9 Å². The molecule has 0 aromatic carbocycles. The quantitative estimate of drug-likeness (QED) is 0.427. The number of piperidine rings is 1. The molecule has 1 aliphatic heterocycles. The Morgan fingerprint density at radius 3 is 2.58 bits per heavy atom. The van der Waals surface area contributed by atoms with Gasteiger partial charge in [0.25, 0.3) is 5.92 Å². The summed E-state index contributed by atoms with van der Waals surface area (Å²) >= 11 is 1.31. The number of hydrogen-bond donors (Lipinski definition) is 0. The van der Waals surface area contributed by atoms with E-state index in [2.05, 4.69) is 4.98 Å². The van der Waals surface area contributed by atoms with Crippen molar-refractivity contribution in [3.63, 3.8) is 0 Å². The summed E-state index contributed by atoms with van der Waals surface area (Å²) in [6, 6.07) is 7.12. The lowest BCUT2D eigenvalue weighted by Gasteiger charge is -2.22. The number of nitrogens with zero attached hydrogens (tertiary/aromatic N) is 2. The molecule has 2 aromatic heterocycles. The molecule has 166 valence electrons. The van der Waals surface area contributed by atoms with E-state index in [9.17, 15) is 18.4 Å². The van der Waals surface area contributed by atoms with Gasteiger partial charge in [-0.15, -0.1) is 11.3 Å². The van der Waals surface area contributed by atoms with Gasteiger partial charge >= 0.3 is 5.97 Å². The second-order valence-electron chi connectivity index (χ2n) is 7.69. The Labute approximate surface area is 183 Å². The highest BCUT2D eigenvalue weighted by Crippen LogP contribution is 2.59. The normalized spacial score (nSPS) is 21.1. The van der Waals surface area contributed by atoms with Gasteiger partial charge in [-0.1, -0.05) is 6.07 Å². The number of alkyl halides is 2. The van der Waals surface area contributed by atoms with Crippen LogP contribution in [-0.4, -0.2) is 55.6 Å². The van der Waals surface area contributed by atoms with Crippen LogP contribution in [0.25, 0.3) is 0 Å². The number of esters is 1. The fourth-order valence-corrected chi connectivity index (χ4v) is 4.89. The van der Waals surface area contributed by atoms with Gasteiger partial charge in [0.15, 0.2) is 0 Å². The van der Waals surface area contributed by atoms with Crippen molar-refractivity contribution in [1.82, 2.24) is 4.98 Å². The molecule has 2 fully saturated rings. The number of rotatable bonds is 9. The first kappa shape index (κ1) is 21.8. The van der Waals surface area contributed by atoms with Crippen LogP contribution in [0, 0.1) is 11.8 Å². The number of ether oxygens (including phenoxy) is 2. The average molecular weight is 451 g/mol. The van der Waals surface area contributed by atoms with Crippen molar-refractivity contribution in [3.8, 4) is 0 Å². The van der Waals surface area contributed by atoms with Gasteiger partial charge in [-0.3, -0.25) is 4.79 Å². The first-order valence-corrected chi connectivity index (χ1v) is 11.2. The zero-order chi connectivity index (χ0) is 22.2. The second-order valence-corrected chi connectivity index (χ2v) is 8.86. The molecule has 2 atom stereocenters. The summed E-state index contributed by atoms with van der Waals surface area (Å²) in [7, 11) is 0. The van der Waals surface area contributed by atoms with Crippen LogP contribution in [0.4, 0.5) is 14.6 Å². The van der Waals surface area contributed by atoms with E-state index in [1.807, 2.05) is 17.0 Å². The number of thiophene rings is 1.